The van der Waals surface area contributed by atoms with Gasteiger partial charge in [0, 0.05) is 12.3 Å². The summed E-state index contributed by atoms with van der Waals surface area (Å²) in [6.07, 6.45) is 6.99. The summed E-state index contributed by atoms with van der Waals surface area (Å²) in [6.45, 7) is 4.13. The van der Waals surface area contributed by atoms with Crippen LogP contribution >= 0.6 is 11.3 Å². The van der Waals surface area contributed by atoms with Crippen LogP contribution in [0.15, 0.2) is 12.2 Å². The molecule has 17 heavy (non-hydrogen) atoms. The van der Waals surface area contributed by atoms with Gasteiger partial charge in [0.1, 0.15) is 5.01 Å². The van der Waals surface area contributed by atoms with E-state index in [0.29, 0.717) is 23.4 Å². The standard InChI is InChI=1S/C12H17N3OS/c1-8(2)11-14-15-12(17-11)13-10(16)7-9-5-3-4-6-9/h3,5,8-9H,4,6-7H2,1-2H3,(H,13,15,16)/t9-/m1/s1. The van der Waals surface area contributed by atoms with Gasteiger partial charge in [-0.25, -0.2) is 0 Å². The number of amides is 1. The number of rotatable bonds is 4. The van der Waals surface area contributed by atoms with E-state index >= 15 is 0 Å². The molecule has 5 heteroatoms. The topological polar surface area (TPSA) is 54.9 Å². The third-order valence-electron chi connectivity index (χ3n) is 2.74. The Bertz CT molecular complexity index is 425. The summed E-state index contributed by atoms with van der Waals surface area (Å²) in [6, 6.07) is 0. The number of hydrogen-bond acceptors (Lipinski definition) is 4. The zero-order valence-electron chi connectivity index (χ0n) is 10.1. The summed E-state index contributed by atoms with van der Waals surface area (Å²) in [4.78, 5) is 11.7. The highest BCUT2D eigenvalue weighted by Crippen LogP contribution is 2.24. The number of nitrogens with zero attached hydrogens (tertiary/aromatic N) is 2. The van der Waals surface area contributed by atoms with Gasteiger partial charge in [-0.05, 0) is 18.8 Å². The minimum Gasteiger partial charge on any atom is -0.301 e. The first kappa shape index (κ1) is 12.2. The van der Waals surface area contributed by atoms with E-state index in [9.17, 15) is 4.79 Å². The van der Waals surface area contributed by atoms with Crippen LogP contribution < -0.4 is 5.32 Å². The second-order valence-corrected chi connectivity index (χ2v) is 5.63. The molecule has 1 amide bonds. The summed E-state index contributed by atoms with van der Waals surface area (Å²) in [5.74, 6) is 0.788. The molecule has 0 fully saturated rings. The van der Waals surface area contributed by atoms with Crippen LogP contribution in [0.2, 0.25) is 0 Å². The molecule has 0 radical (unpaired) electrons. The number of carbonyl (C=O) groups excluding carboxylic acids is 1. The smallest absolute Gasteiger partial charge is 0.226 e. The lowest BCUT2D eigenvalue weighted by Gasteiger charge is -2.05. The number of anilines is 1. The van der Waals surface area contributed by atoms with Gasteiger partial charge in [0.2, 0.25) is 11.0 Å². The molecule has 0 aromatic carbocycles. The molecule has 1 aromatic rings. The quantitative estimate of drug-likeness (QED) is 0.837. The second-order valence-electron chi connectivity index (χ2n) is 4.62. The Balaban J connectivity index is 1.86. The van der Waals surface area contributed by atoms with Crippen molar-refractivity contribution < 1.29 is 4.79 Å². The maximum Gasteiger partial charge on any atom is 0.226 e. The molecule has 1 aliphatic rings. The van der Waals surface area contributed by atoms with Crippen LogP contribution in [-0.2, 0) is 4.79 Å². The van der Waals surface area contributed by atoms with Gasteiger partial charge < -0.3 is 5.32 Å². The first-order valence-corrected chi connectivity index (χ1v) is 6.76. The Morgan fingerprint density at radius 2 is 2.41 bits per heavy atom. The lowest BCUT2D eigenvalue weighted by atomic mass is 10.1. The molecule has 0 bridgehead atoms. The minimum absolute atomic E-state index is 0.0352. The second kappa shape index (κ2) is 5.40. The number of allylic oxidation sites excluding steroid dienone is 2. The maximum atomic E-state index is 11.7. The summed E-state index contributed by atoms with van der Waals surface area (Å²) < 4.78 is 0. The Hall–Kier alpha value is -1.23. The van der Waals surface area contributed by atoms with E-state index in [2.05, 4.69) is 41.5 Å². The maximum absolute atomic E-state index is 11.7. The number of carbonyl (C=O) groups is 1. The fraction of sp³-hybridized carbons (Fsp3) is 0.583. The van der Waals surface area contributed by atoms with Gasteiger partial charge in [-0.3, -0.25) is 4.79 Å². The molecular formula is C12H17N3OS. The van der Waals surface area contributed by atoms with Crippen molar-refractivity contribution in [2.45, 2.75) is 39.0 Å². The Morgan fingerprint density at radius 3 is 3.00 bits per heavy atom. The van der Waals surface area contributed by atoms with Crippen molar-refractivity contribution in [2.24, 2.45) is 5.92 Å². The van der Waals surface area contributed by atoms with Gasteiger partial charge in [-0.2, -0.15) is 0 Å². The lowest BCUT2D eigenvalue weighted by molar-refractivity contribution is -0.116. The third-order valence-corrected chi connectivity index (χ3v) is 3.88. The SMILES string of the molecule is CC(C)c1nnc(NC(=O)C[C@@H]2C=CCC2)s1. The fourth-order valence-corrected chi connectivity index (χ4v) is 2.55. The van der Waals surface area contributed by atoms with E-state index in [0.717, 1.165) is 17.8 Å². The zero-order chi connectivity index (χ0) is 12.3. The van der Waals surface area contributed by atoms with Crippen molar-refractivity contribution in [3.8, 4) is 0 Å². The zero-order valence-corrected chi connectivity index (χ0v) is 11.0. The van der Waals surface area contributed by atoms with Crippen molar-refractivity contribution in [1.82, 2.24) is 10.2 Å². The van der Waals surface area contributed by atoms with E-state index in [1.54, 1.807) is 0 Å². The average molecular weight is 251 g/mol. The summed E-state index contributed by atoms with van der Waals surface area (Å²) in [5, 5.41) is 12.4. The first-order valence-electron chi connectivity index (χ1n) is 5.95. The molecule has 92 valence electrons. The largest absolute Gasteiger partial charge is 0.301 e. The fourth-order valence-electron chi connectivity index (χ4n) is 1.79. The van der Waals surface area contributed by atoms with Crippen LogP contribution in [0, 0.1) is 5.92 Å². The molecule has 1 N–H and O–H groups in total. The highest BCUT2D eigenvalue weighted by atomic mass is 32.1. The Labute approximate surface area is 105 Å². The van der Waals surface area contributed by atoms with Crippen LogP contribution in [-0.4, -0.2) is 16.1 Å². The number of aromatic nitrogens is 2. The van der Waals surface area contributed by atoms with E-state index in [1.165, 1.54) is 11.3 Å². The molecule has 0 spiro atoms. The van der Waals surface area contributed by atoms with Gasteiger partial charge in [-0.15, -0.1) is 10.2 Å². The molecule has 0 unspecified atom stereocenters. The van der Waals surface area contributed by atoms with Crippen molar-refractivity contribution in [2.75, 3.05) is 5.32 Å². The Kier molecular flexibility index (Phi) is 3.89. The molecule has 0 saturated heterocycles. The summed E-state index contributed by atoms with van der Waals surface area (Å²) in [5.41, 5.74) is 0. The van der Waals surface area contributed by atoms with Crippen LogP contribution in [0.5, 0.6) is 0 Å². The molecule has 2 rings (SSSR count). The van der Waals surface area contributed by atoms with E-state index in [4.69, 9.17) is 0 Å². The van der Waals surface area contributed by atoms with Crippen molar-refractivity contribution in [3.63, 3.8) is 0 Å². The highest BCUT2D eigenvalue weighted by molar-refractivity contribution is 7.15. The van der Waals surface area contributed by atoms with Gasteiger partial charge in [0.05, 0.1) is 0 Å². The Morgan fingerprint density at radius 1 is 1.59 bits per heavy atom. The van der Waals surface area contributed by atoms with Crippen LogP contribution in [0.1, 0.15) is 44.0 Å². The normalized spacial score (nSPS) is 18.9. The van der Waals surface area contributed by atoms with Crippen molar-refractivity contribution in [3.05, 3.63) is 17.2 Å². The molecule has 1 atom stereocenters. The molecule has 0 saturated carbocycles. The summed E-state index contributed by atoms with van der Waals surface area (Å²) in [7, 11) is 0. The number of nitrogens with one attached hydrogen (secondary N) is 1. The molecular weight excluding hydrogens is 234 g/mol. The van der Waals surface area contributed by atoms with E-state index in [-0.39, 0.29) is 5.91 Å². The molecule has 0 aliphatic heterocycles. The van der Waals surface area contributed by atoms with Crippen molar-refractivity contribution in [1.29, 1.82) is 0 Å². The van der Waals surface area contributed by atoms with Gasteiger partial charge in [0.15, 0.2) is 0 Å². The third kappa shape index (κ3) is 3.36. The lowest BCUT2D eigenvalue weighted by Crippen LogP contribution is -2.14. The monoisotopic (exact) mass is 251 g/mol. The number of hydrogen-bond donors (Lipinski definition) is 1. The van der Waals surface area contributed by atoms with Crippen LogP contribution in [0.4, 0.5) is 5.13 Å². The molecule has 1 aliphatic carbocycles. The molecule has 1 aromatic heterocycles. The predicted octanol–water partition coefficient (Wildman–Crippen LogP) is 2.96. The highest BCUT2D eigenvalue weighted by Gasteiger charge is 2.15. The van der Waals surface area contributed by atoms with Gasteiger partial charge >= 0.3 is 0 Å². The van der Waals surface area contributed by atoms with Gasteiger partial charge in [-0.1, -0.05) is 37.3 Å². The average Bonchev–Trinajstić information content (AvgIpc) is 2.88. The van der Waals surface area contributed by atoms with Crippen molar-refractivity contribution >= 4 is 22.4 Å². The predicted molar refractivity (Wildman–Crippen MR) is 69.1 cm³/mol. The molecule has 4 nitrogen and oxygen atoms in total. The van der Waals surface area contributed by atoms with E-state index < -0.39 is 0 Å². The van der Waals surface area contributed by atoms with E-state index in [1.807, 2.05) is 0 Å². The molecule has 1 heterocycles. The minimum atomic E-state index is 0.0352. The summed E-state index contributed by atoms with van der Waals surface area (Å²) >= 11 is 1.46. The van der Waals surface area contributed by atoms with Crippen LogP contribution in [0.25, 0.3) is 0 Å². The van der Waals surface area contributed by atoms with Gasteiger partial charge in [0.25, 0.3) is 0 Å². The first-order chi connectivity index (χ1) is 8.15. The van der Waals surface area contributed by atoms with Crippen LogP contribution in [0.3, 0.4) is 0 Å².